The molecule has 0 aliphatic heterocycles. The second-order valence-electron chi connectivity index (χ2n) is 3.35. The second kappa shape index (κ2) is 6.16. The van der Waals surface area contributed by atoms with Gasteiger partial charge in [0, 0.05) is 5.56 Å². The van der Waals surface area contributed by atoms with Crippen molar-refractivity contribution in [3.05, 3.63) is 28.8 Å². The van der Waals surface area contributed by atoms with Gasteiger partial charge in [0.2, 0.25) is 11.6 Å². The molecule has 0 spiro atoms. The SMILES string of the molecule is COC(=O)CC(=O)C(=O)c1ccc(OC)c(Cl)c1. The summed E-state index contributed by atoms with van der Waals surface area (Å²) < 4.78 is 9.23. The van der Waals surface area contributed by atoms with E-state index in [2.05, 4.69) is 4.74 Å². The number of rotatable bonds is 5. The van der Waals surface area contributed by atoms with Crippen molar-refractivity contribution in [3.8, 4) is 5.75 Å². The number of hydrogen-bond donors (Lipinski definition) is 0. The van der Waals surface area contributed by atoms with E-state index < -0.39 is 24.0 Å². The maximum Gasteiger partial charge on any atom is 0.313 e. The average Bonchev–Trinajstić information content (AvgIpc) is 2.37. The van der Waals surface area contributed by atoms with E-state index in [0.29, 0.717) is 5.75 Å². The van der Waals surface area contributed by atoms with E-state index >= 15 is 0 Å². The van der Waals surface area contributed by atoms with Crippen LogP contribution in [0.25, 0.3) is 0 Å². The van der Waals surface area contributed by atoms with Crippen LogP contribution in [0, 0.1) is 0 Å². The van der Waals surface area contributed by atoms with E-state index in [1.54, 1.807) is 0 Å². The van der Waals surface area contributed by atoms with Gasteiger partial charge in [-0.25, -0.2) is 0 Å². The van der Waals surface area contributed by atoms with Crippen molar-refractivity contribution in [2.24, 2.45) is 0 Å². The van der Waals surface area contributed by atoms with Gasteiger partial charge >= 0.3 is 5.97 Å². The smallest absolute Gasteiger partial charge is 0.313 e. The van der Waals surface area contributed by atoms with Gasteiger partial charge in [-0.2, -0.15) is 0 Å². The number of hydrogen-bond acceptors (Lipinski definition) is 5. The summed E-state index contributed by atoms with van der Waals surface area (Å²) in [4.78, 5) is 34.0. The molecule has 0 fully saturated rings. The molecule has 5 nitrogen and oxygen atoms in total. The molecule has 0 atom stereocenters. The van der Waals surface area contributed by atoms with Gasteiger partial charge in [-0.15, -0.1) is 0 Å². The van der Waals surface area contributed by atoms with E-state index in [-0.39, 0.29) is 10.6 Å². The van der Waals surface area contributed by atoms with Gasteiger partial charge < -0.3 is 9.47 Å². The minimum atomic E-state index is -0.844. The highest BCUT2D eigenvalue weighted by molar-refractivity contribution is 6.46. The summed E-state index contributed by atoms with van der Waals surface area (Å²) in [6.07, 6.45) is -0.584. The number of halogens is 1. The van der Waals surface area contributed by atoms with Crippen LogP contribution in [0.15, 0.2) is 18.2 Å². The Labute approximate surface area is 109 Å². The molecule has 18 heavy (non-hydrogen) atoms. The van der Waals surface area contributed by atoms with Crippen LogP contribution in [0.5, 0.6) is 5.75 Å². The topological polar surface area (TPSA) is 69.7 Å². The molecule has 0 aliphatic rings. The fourth-order valence-electron chi connectivity index (χ4n) is 1.25. The number of carbonyl (C=O) groups is 3. The third-order valence-electron chi connectivity index (χ3n) is 2.20. The van der Waals surface area contributed by atoms with Gasteiger partial charge in [-0.05, 0) is 18.2 Å². The van der Waals surface area contributed by atoms with E-state index in [4.69, 9.17) is 16.3 Å². The first-order valence-electron chi connectivity index (χ1n) is 4.97. The third kappa shape index (κ3) is 3.30. The lowest BCUT2D eigenvalue weighted by molar-refractivity contribution is -0.142. The zero-order valence-electron chi connectivity index (χ0n) is 9.86. The Balaban J connectivity index is 2.87. The van der Waals surface area contributed by atoms with Crippen molar-refractivity contribution < 1.29 is 23.9 Å². The van der Waals surface area contributed by atoms with Crippen molar-refractivity contribution in [3.63, 3.8) is 0 Å². The number of Topliss-reactive ketones (excluding diaryl/α,β-unsaturated/α-hetero) is 2. The first-order valence-corrected chi connectivity index (χ1v) is 5.35. The minimum absolute atomic E-state index is 0.106. The Morgan fingerprint density at radius 3 is 2.39 bits per heavy atom. The van der Waals surface area contributed by atoms with Crippen LogP contribution in [-0.2, 0) is 14.3 Å². The normalized spacial score (nSPS) is 9.72. The Kier molecular flexibility index (Phi) is 4.85. The first-order chi connectivity index (χ1) is 8.49. The van der Waals surface area contributed by atoms with Gasteiger partial charge in [-0.1, -0.05) is 11.6 Å². The van der Waals surface area contributed by atoms with Crippen molar-refractivity contribution in [2.75, 3.05) is 14.2 Å². The number of methoxy groups -OCH3 is 2. The van der Waals surface area contributed by atoms with E-state index in [1.165, 1.54) is 25.3 Å². The molecule has 0 unspecified atom stereocenters. The number of carbonyl (C=O) groups excluding carboxylic acids is 3. The largest absolute Gasteiger partial charge is 0.495 e. The molecule has 1 rings (SSSR count). The predicted octanol–water partition coefficient (Wildman–Crippen LogP) is 1.66. The van der Waals surface area contributed by atoms with Crippen molar-refractivity contribution in [2.45, 2.75) is 6.42 Å². The summed E-state index contributed by atoms with van der Waals surface area (Å²) in [6, 6.07) is 4.20. The fraction of sp³-hybridized carbons (Fsp3) is 0.250. The Morgan fingerprint density at radius 1 is 1.22 bits per heavy atom. The van der Waals surface area contributed by atoms with Crippen LogP contribution in [0.3, 0.4) is 0 Å². The molecule has 1 aromatic rings. The van der Waals surface area contributed by atoms with Crippen LogP contribution in [0.1, 0.15) is 16.8 Å². The number of ether oxygens (including phenoxy) is 2. The van der Waals surface area contributed by atoms with E-state index in [9.17, 15) is 14.4 Å². The van der Waals surface area contributed by atoms with Gasteiger partial charge in [0.25, 0.3) is 0 Å². The van der Waals surface area contributed by atoms with Gasteiger partial charge in [0.05, 0.1) is 19.2 Å². The summed E-state index contributed by atoms with van der Waals surface area (Å²) in [7, 11) is 2.58. The molecular formula is C12H11ClO5. The molecule has 0 radical (unpaired) electrons. The molecule has 0 bridgehead atoms. The van der Waals surface area contributed by atoms with Crippen LogP contribution in [0.4, 0.5) is 0 Å². The van der Waals surface area contributed by atoms with Gasteiger partial charge in [0.1, 0.15) is 12.2 Å². The van der Waals surface area contributed by atoms with Crippen molar-refractivity contribution in [1.82, 2.24) is 0 Å². The fourth-order valence-corrected chi connectivity index (χ4v) is 1.51. The van der Waals surface area contributed by atoms with Crippen LogP contribution in [0.2, 0.25) is 5.02 Å². The Bertz CT molecular complexity index is 495. The second-order valence-corrected chi connectivity index (χ2v) is 3.76. The number of benzene rings is 1. The highest BCUT2D eigenvalue weighted by Crippen LogP contribution is 2.25. The van der Waals surface area contributed by atoms with Crippen LogP contribution < -0.4 is 4.74 Å². The first kappa shape index (κ1) is 14.2. The Morgan fingerprint density at radius 2 is 1.89 bits per heavy atom. The lowest BCUT2D eigenvalue weighted by Gasteiger charge is -2.04. The maximum absolute atomic E-state index is 11.7. The molecule has 0 heterocycles. The molecule has 1 aromatic carbocycles. The molecule has 96 valence electrons. The van der Waals surface area contributed by atoms with Crippen LogP contribution in [-0.4, -0.2) is 31.8 Å². The van der Waals surface area contributed by atoms with E-state index in [1.807, 2.05) is 0 Å². The Hall–Kier alpha value is -1.88. The van der Waals surface area contributed by atoms with E-state index in [0.717, 1.165) is 7.11 Å². The monoisotopic (exact) mass is 270 g/mol. The molecule has 0 saturated heterocycles. The summed E-state index contributed by atoms with van der Waals surface area (Å²) in [5, 5.41) is 0.217. The highest BCUT2D eigenvalue weighted by Gasteiger charge is 2.20. The molecule has 0 saturated carbocycles. The van der Waals surface area contributed by atoms with Gasteiger partial charge in [0.15, 0.2) is 0 Å². The molecule has 0 aliphatic carbocycles. The minimum Gasteiger partial charge on any atom is -0.495 e. The van der Waals surface area contributed by atoms with Crippen molar-refractivity contribution >= 4 is 29.1 Å². The summed E-state index contributed by atoms with van der Waals surface area (Å²) in [5.41, 5.74) is 0.106. The molecule has 0 aromatic heterocycles. The highest BCUT2D eigenvalue weighted by atomic mass is 35.5. The molecule has 0 N–H and O–H groups in total. The van der Waals surface area contributed by atoms with Crippen LogP contribution >= 0.6 is 11.6 Å². The lowest BCUT2D eigenvalue weighted by Crippen LogP contribution is -2.18. The molecular weight excluding hydrogens is 260 g/mol. The zero-order valence-corrected chi connectivity index (χ0v) is 10.6. The number of ketones is 2. The van der Waals surface area contributed by atoms with Gasteiger partial charge in [-0.3, -0.25) is 14.4 Å². The summed E-state index contributed by atoms with van der Waals surface area (Å²) in [6.45, 7) is 0. The maximum atomic E-state index is 11.7. The summed E-state index contributed by atoms with van der Waals surface area (Å²) in [5.74, 6) is -1.99. The quantitative estimate of drug-likeness (QED) is 0.352. The third-order valence-corrected chi connectivity index (χ3v) is 2.50. The standard InChI is InChI=1S/C12H11ClO5/c1-17-10-4-3-7(5-8(10)13)12(16)9(14)6-11(15)18-2/h3-5H,6H2,1-2H3. The molecule has 0 amide bonds. The lowest BCUT2D eigenvalue weighted by atomic mass is 10.1. The average molecular weight is 271 g/mol. The van der Waals surface area contributed by atoms with Crippen molar-refractivity contribution in [1.29, 1.82) is 0 Å². The zero-order chi connectivity index (χ0) is 13.7. The predicted molar refractivity (Wildman–Crippen MR) is 64.0 cm³/mol. The number of esters is 1. The molecule has 6 heteroatoms. The summed E-state index contributed by atoms with van der Waals surface area (Å²) >= 11 is 5.83.